The Kier molecular flexibility index (Phi) is 5.30. The Hall–Kier alpha value is -1.74. The lowest BCUT2D eigenvalue weighted by Gasteiger charge is -2.10. The van der Waals surface area contributed by atoms with E-state index < -0.39 is 12.6 Å². The van der Waals surface area contributed by atoms with E-state index in [1.54, 1.807) is 28.4 Å². The average molecular weight is 312 g/mol. The van der Waals surface area contributed by atoms with Crippen LogP contribution in [0.15, 0.2) is 12.4 Å². The third-order valence-corrected chi connectivity index (χ3v) is 3.72. The van der Waals surface area contributed by atoms with Crippen LogP contribution in [-0.2, 0) is 33.0 Å². The molecule has 0 aliphatic carbocycles. The standard InChI is InChI=1S/C14H22N4O4/c1-17-9(13(19-3)20-4)7-15-11(17)12-16-8-10(18(12)2)14(21-5)22-6/h7-8,13-14H,1-6H3/p+2. The van der Waals surface area contributed by atoms with Gasteiger partial charge in [0.15, 0.2) is 11.4 Å². The Morgan fingerprint density at radius 3 is 1.32 bits per heavy atom. The summed E-state index contributed by atoms with van der Waals surface area (Å²) in [5.74, 6) is 1.77. The monoisotopic (exact) mass is 312 g/mol. The summed E-state index contributed by atoms with van der Waals surface area (Å²) in [7, 11) is 10.3. The molecule has 0 saturated carbocycles. The number of aromatic amines is 2. The molecule has 2 rings (SSSR count). The van der Waals surface area contributed by atoms with E-state index >= 15 is 0 Å². The van der Waals surface area contributed by atoms with Gasteiger partial charge in [0.2, 0.25) is 12.6 Å². The number of H-pyrrole nitrogens is 2. The van der Waals surface area contributed by atoms with Crippen LogP contribution in [0.2, 0.25) is 0 Å². The fourth-order valence-corrected chi connectivity index (χ4v) is 2.51. The highest BCUT2D eigenvalue weighted by Gasteiger charge is 2.32. The quantitative estimate of drug-likeness (QED) is 0.567. The number of imidazole rings is 2. The highest BCUT2D eigenvalue weighted by atomic mass is 16.7. The minimum atomic E-state index is -0.430. The molecule has 0 bridgehead atoms. The van der Waals surface area contributed by atoms with Crippen molar-refractivity contribution < 1.29 is 28.1 Å². The minimum Gasteiger partial charge on any atom is -0.349 e. The Morgan fingerprint density at radius 1 is 0.727 bits per heavy atom. The van der Waals surface area contributed by atoms with Crippen molar-refractivity contribution in [2.24, 2.45) is 14.1 Å². The molecule has 0 spiro atoms. The van der Waals surface area contributed by atoms with Gasteiger partial charge in [0, 0.05) is 28.4 Å². The third-order valence-electron chi connectivity index (χ3n) is 3.72. The van der Waals surface area contributed by atoms with Gasteiger partial charge in [-0.2, -0.15) is 0 Å². The van der Waals surface area contributed by atoms with Crippen molar-refractivity contribution in [2.75, 3.05) is 28.4 Å². The van der Waals surface area contributed by atoms with E-state index in [2.05, 4.69) is 9.97 Å². The number of nitrogens with one attached hydrogen (secondary N) is 2. The van der Waals surface area contributed by atoms with Gasteiger partial charge < -0.3 is 18.9 Å². The van der Waals surface area contributed by atoms with Gasteiger partial charge in [-0.05, 0) is 0 Å². The molecular weight excluding hydrogens is 288 g/mol. The molecule has 122 valence electrons. The molecule has 0 atom stereocenters. The minimum absolute atomic E-state index is 0.430. The summed E-state index contributed by atoms with van der Waals surface area (Å²) in [4.78, 5) is 6.48. The zero-order valence-electron chi connectivity index (χ0n) is 13.8. The molecule has 22 heavy (non-hydrogen) atoms. The molecule has 8 heteroatoms. The average Bonchev–Trinajstić information content (AvgIpc) is 3.07. The molecule has 0 amide bonds. The van der Waals surface area contributed by atoms with Crippen LogP contribution in [0.25, 0.3) is 11.6 Å². The second-order valence-electron chi connectivity index (χ2n) is 4.85. The number of aromatic nitrogens is 4. The van der Waals surface area contributed by atoms with Gasteiger partial charge in [-0.1, -0.05) is 0 Å². The first-order valence-corrected chi connectivity index (χ1v) is 6.85. The summed E-state index contributed by atoms with van der Waals surface area (Å²) in [6.07, 6.45) is 2.86. The molecule has 0 fully saturated rings. The molecule has 0 aliphatic rings. The van der Waals surface area contributed by atoms with Crippen molar-refractivity contribution in [1.82, 2.24) is 9.97 Å². The highest BCUT2D eigenvalue weighted by molar-refractivity contribution is 5.34. The van der Waals surface area contributed by atoms with Crippen molar-refractivity contribution in [3.63, 3.8) is 0 Å². The van der Waals surface area contributed by atoms with E-state index in [0.717, 1.165) is 23.0 Å². The lowest BCUT2D eigenvalue weighted by atomic mass is 10.4. The van der Waals surface area contributed by atoms with E-state index in [0.29, 0.717) is 0 Å². The van der Waals surface area contributed by atoms with Crippen LogP contribution in [0.3, 0.4) is 0 Å². The third kappa shape index (κ3) is 2.78. The van der Waals surface area contributed by atoms with Gasteiger partial charge in [-0.25, -0.2) is 19.1 Å². The van der Waals surface area contributed by atoms with Gasteiger partial charge in [0.1, 0.15) is 12.4 Å². The van der Waals surface area contributed by atoms with Gasteiger partial charge >= 0.3 is 11.6 Å². The van der Waals surface area contributed by atoms with Crippen LogP contribution in [0.5, 0.6) is 0 Å². The van der Waals surface area contributed by atoms with Gasteiger partial charge in [-0.3, -0.25) is 0 Å². The summed E-state index contributed by atoms with van der Waals surface area (Å²) in [6.45, 7) is 0. The first-order chi connectivity index (χ1) is 10.6. The predicted octanol–water partition coefficient (Wildman–Crippen LogP) is 0.242. The fraction of sp³-hybridized carbons (Fsp3) is 0.571. The fourth-order valence-electron chi connectivity index (χ4n) is 2.51. The molecule has 0 unspecified atom stereocenters. The zero-order chi connectivity index (χ0) is 16.3. The van der Waals surface area contributed by atoms with E-state index in [1.807, 2.05) is 35.6 Å². The van der Waals surface area contributed by atoms with E-state index in [-0.39, 0.29) is 0 Å². The second-order valence-corrected chi connectivity index (χ2v) is 4.85. The molecule has 0 aromatic carbocycles. The number of hydrogen-bond donors (Lipinski definition) is 2. The van der Waals surface area contributed by atoms with Crippen LogP contribution in [-0.4, -0.2) is 38.4 Å². The maximum absolute atomic E-state index is 5.30. The number of hydrogen-bond acceptors (Lipinski definition) is 4. The summed E-state index contributed by atoms with van der Waals surface area (Å²) in [5, 5.41) is 0. The van der Waals surface area contributed by atoms with Crippen LogP contribution >= 0.6 is 0 Å². The molecule has 0 saturated heterocycles. The maximum atomic E-state index is 5.30. The number of ether oxygens (including phenoxy) is 4. The largest absolute Gasteiger partial charge is 0.371 e. The molecule has 2 N–H and O–H groups in total. The molecule has 2 heterocycles. The van der Waals surface area contributed by atoms with Crippen molar-refractivity contribution >= 4 is 0 Å². The molecule has 0 radical (unpaired) electrons. The topological polar surface area (TPSA) is 76.3 Å². The Balaban J connectivity index is 2.42. The van der Waals surface area contributed by atoms with Crippen LogP contribution in [0.1, 0.15) is 24.0 Å². The van der Waals surface area contributed by atoms with E-state index in [1.165, 1.54) is 0 Å². The number of methoxy groups -OCH3 is 4. The first-order valence-electron chi connectivity index (χ1n) is 6.85. The lowest BCUT2D eigenvalue weighted by Crippen LogP contribution is -2.42. The molecule has 8 nitrogen and oxygen atoms in total. The first kappa shape index (κ1) is 16.6. The lowest BCUT2D eigenvalue weighted by molar-refractivity contribution is -0.703. The normalized spacial score (nSPS) is 11.8. The van der Waals surface area contributed by atoms with Crippen LogP contribution < -0.4 is 9.13 Å². The van der Waals surface area contributed by atoms with Gasteiger partial charge in [0.05, 0.1) is 14.1 Å². The summed E-state index contributed by atoms with van der Waals surface area (Å²) in [6, 6.07) is 0. The molecule has 0 aliphatic heterocycles. The maximum Gasteiger partial charge on any atom is 0.371 e. The van der Waals surface area contributed by atoms with E-state index in [4.69, 9.17) is 18.9 Å². The van der Waals surface area contributed by atoms with Crippen molar-refractivity contribution in [3.8, 4) is 11.6 Å². The molecule has 2 aromatic heterocycles. The predicted molar refractivity (Wildman–Crippen MR) is 76.4 cm³/mol. The summed E-state index contributed by atoms with van der Waals surface area (Å²) < 4.78 is 25.2. The van der Waals surface area contributed by atoms with Crippen LogP contribution in [0.4, 0.5) is 0 Å². The van der Waals surface area contributed by atoms with Crippen molar-refractivity contribution in [3.05, 3.63) is 23.8 Å². The Morgan fingerprint density at radius 2 is 1.05 bits per heavy atom. The number of nitrogens with zero attached hydrogens (tertiary/aromatic N) is 2. The highest BCUT2D eigenvalue weighted by Crippen LogP contribution is 2.18. The SMILES string of the molecule is COC(OC)c1c[nH]c(-c2[nH]cc(C(OC)OC)[n+]2C)[n+]1C. The van der Waals surface area contributed by atoms with Crippen LogP contribution in [0, 0.1) is 0 Å². The van der Waals surface area contributed by atoms with Crippen molar-refractivity contribution in [1.29, 1.82) is 0 Å². The van der Waals surface area contributed by atoms with Crippen molar-refractivity contribution in [2.45, 2.75) is 12.6 Å². The molecular formula is C14H24N4O4+2. The molecule has 2 aromatic rings. The Labute approximate surface area is 129 Å². The second kappa shape index (κ2) is 7.01. The van der Waals surface area contributed by atoms with E-state index in [9.17, 15) is 0 Å². The number of rotatable bonds is 7. The van der Waals surface area contributed by atoms with Gasteiger partial charge in [-0.15, -0.1) is 0 Å². The zero-order valence-corrected chi connectivity index (χ0v) is 13.8. The summed E-state index contributed by atoms with van der Waals surface area (Å²) >= 11 is 0. The summed E-state index contributed by atoms with van der Waals surface area (Å²) in [5.41, 5.74) is 1.76. The smallest absolute Gasteiger partial charge is 0.349 e. The van der Waals surface area contributed by atoms with Gasteiger partial charge in [0.25, 0.3) is 0 Å². The Bertz CT molecular complexity index is 560.